The third-order valence-electron chi connectivity index (χ3n) is 3.85. The van der Waals surface area contributed by atoms with E-state index < -0.39 is 5.82 Å². The third kappa shape index (κ3) is 3.85. The summed E-state index contributed by atoms with van der Waals surface area (Å²) >= 11 is 5.85. The van der Waals surface area contributed by atoms with Crippen LogP contribution in [0.4, 0.5) is 4.39 Å². The van der Waals surface area contributed by atoms with E-state index in [2.05, 4.69) is 10.3 Å². The zero-order valence-corrected chi connectivity index (χ0v) is 14.1. The third-order valence-corrected chi connectivity index (χ3v) is 4.10. The number of carbonyl (C=O) groups excluding carboxylic acids is 1. The molecule has 25 heavy (non-hydrogen) atoms. The first kappa shape index (κ1) is 17.1. The Hall–Kier alpha value is -2.73. The zero-order valence-electron chi connectivity index (χ0n) is 13.4. The molecule has 0 aliphatic heterocycles. The SMILES string of the molecule is C[C@H](NC(=O)Cn1cnc2cc(F)ccc2c1=O)c1ccc(Cl)cc1. The predicted octanol–water partition coefficient (Wildman–Crippen LogP) is 3.07. The summed E-state index contributed by atoms with van der Waals surface area (Å²) in [7, 11) is 0. The Morgan fingerprint density at radius 2 is 2.00 bits per heavy atom. The minimum Gasteiger partial charge on any atom is -0.348 e. The van der Waals surface area contributed by atoms with E-state index in [0.29, 0.717) is 5.02 Å². The smallest absolute Gasteiger partial charge is 0.261 e. The molecular formula is C18H15ClFN3O2. The van der Waals surface area contributed by atoms with Crippen LogP contribution >= 0.6 is 11.6 Å². The normalized spacial score (nSPS) is 12.1. The van der Waals surface area contributed by atoms with Crippen molar-refractivity contribution >= 4 is 28.4 Å². The van der Waals surface area contributed by atoms with Gasteiger partial charge in [0.25, 0.3) is 5.56 Å². The lowest BCUT2D eigenvalue weighted by Crippen LogP contribution is -2.34. The first-order valence-electron chi connectivity index (χ1n) is 7.63. The number of benzene rings is 2. The van der Waals surface area contributed by atoms with Crippen molar-refractivity contribution in [1.29, 1.82) is 0 Å². The average molecular weight is 360 g/mol. The molecule has 0 bridgehead atoms. The van der Waals surface area contributed by atoms with Crippen LogP contribution in [0.1, 0.15) is 18.5 Å². The molecule has 0 radical (unpaired) electrons. The molecule has 0 fully saturated rings. The van der Waals surface area contributed by atoms with Gasteiger partial charge in [-0.1, -0.05) is 23.7 Å². The van der Waals surface area contributed by atoms with E-state index >= 15 is 0 Å². The molecule has 1 heterocycles. The molecule has 0 unspecified atom stereocenters. The fourth-order valence-corrected chi connectivity index (χ4v) is 2.65. The van der Waals surface area contributed by atoms with Gasteiger partial charge in [-0.2, -0.15) is 0 Å². The lowest BCUT2D eigenvalue weighted by Gasteiger charge is -2.15. The van der Waals surface area contributed by atoms with E-state index in [1.807, 2.05) is 19.1 Å². The van der Waals surface area contributed by atoms with Crippen LogP contribution in [0, 0.1) is 5.82 Å². The van der Waals surface area contributed by atoms with Crippen LogP contribution < -0.4 is 10.9 Å². The van der Waals surface area contributed by atoms with Crippen molar-refractivity contribution in [2.45, 2.75) is 19.5 Å². The monoisotopic (exact) mass is 359 g/mol. The van der Waals surface area contributed by atoms with Crippen molar-refractivity contribution in [3.63, 3.8) is 0 Å². The first-order valence-corrected chi connectivity index (χ1v) is 8.01. The molecule has 1 aromatic heterocycles. The van der Waals surface area contributed by atoms with E-state index in [0.717, 1.165) is 5.56 Å². The molecule has 128 valence electrons. The molecule has 1 amide bonds. The van der Waals surface area contributed by atoms with Crippen molar-refractivity contribution in [2.24, 2.45) is 0 Å². The minimum atomic E-state index is -0.466. The number of nitrogens with zero attached hydrogens (tertiary/aromatic N) is 2. The highest BCUT2D eigenvalue weighted by Gasteiger charge is 2.12. The summed E-state index contributed by atoms with van der Waals surface area (Å²) in [5.74, 6) is -0.792. The fourth-order valence-electron chi connectivity index (χ4n) is 2.52. The van der Waals surface area contributed by atoms with Crippen LogP contribution in [0.3, 0.4) is 0 Å². The van der Waals surface area contributed by atoms with Gasteiger partial charge in [0.2, 0.25) is 5.91 Å². The first-order chi connectivity index (χ1) is 11.9. The van der Waals surface area contributed by atoms with E-state index in [9.17, 15) is 14.0 Å². The summed E-state index contributed by atoms with van der Waals surface area (Å²) in [5.41, 5.74) is 0.771. The Kier molecular flexibility index (Phi) is 4.81. The topological polar surface area (TPSA) is 64.0 Å². The van der Waals surface area contributed by atoms with Crippen molar-refractivity contribution in [3.05, 3.63) is 75.5 Å². The summed E-state index contributed by atoms with van der Waals surface area (Å²) in [5, 5.41) is 3.70. The van der Waals surface area contributed by atoms with E-state index in [4.69, 9.17) is 11.6 Å². The maximum Gasteiger partial charge on any atom is 0.261 e. The Bertz CT molecular complexity index is 986. The number of halogens is 2. The number of fused-ring (bicyclic) bond motifs is 1. The molecule has 5 nitrogen and oxygen atoms in total. The molecule has 2 aromatic carbocycles. The molecule has 0 saturated carbocycles. The van der Waals surface area contributed by atoms with Crippen molar-refractivity contribution < 1.29 is 9.18 Å². The Morgan fingerprint density at radius 3 is 2.72 bits per heavy atom. The van der Waals surface area contributed by atoms with Gasteiger partial charge < -0.3 is 5.32 Å². The molecule has 0 spiro atoms. The van der Waals surface area contributed by atoms with Crippen molar-refractivity contribution in [2.75, 3.05) is 0 Å². The van der Waals surface area contributed by atoms with Gasteiger partial charge in [0, 0.05) is 11.1 Å². The van der Waals surface area contributed by atoms with Gasteiger partial charge in [-0.3, -0.25) is 14.2 Å². The van der Waals surface area contributed by atoms with Crippen molar-refractivity contribution in [3.8, 4) is 0 Å². The number of nitrogens with one attached hydrogen (secondary N) is 1. The molecule has 0 aliphatic carbocycles. The fraction of sp³-hybridized carbons (Fsp3) is 0.167. The van der Waals surface area contributed by atoms with Gasteiger partial charge in [-0.05, 0) is 36.8 Å². The lowest BCUT2D eigenvalue weighted by atomic mass is 10.1. The van der Waals surface area contributed by atoms with Gasteiger partial charge in [0.05, 0.1) is 23.3 Å². The Morgan fingerprint density at radius 1 is 1.28 bits per heavy atom. The number of aromatic nitrogens is 2. The van der Waals surface area contributed by atoms with E-state index in [-0.39, 0.29) is 35.0 Å². The summed E-state index contributed by atoms with van der Waals surface area (Å²) in [6.07, 6.45) is 1.25. The quantitative estimate of drug-likeness (QED) is 0.778. The van der Waals surface area contributed by atoms with E-state index in [1.165, 1.54) is 29.1 Å². The number of hydrogen-bond donors (Lipinski definition) is 1. The van der Waals surface area contributed by atoms with Gasteiger partial charge >= 0.3 is 0 Å². The molecule has 1 atom stereocenters. The summed E-state index contributed by atoms with van der Waals surface area (Å²) in [4.78, 5) is 28.6. The highest BCUT2D eigenvalue weighted by molar-refractivity contribution is 6.30. The highest BCUT2D eigenvalue weighted by atomic mass is 35.5. The van der Waals surface area contributed by atoms with Crippen LogP contribution in [0.15, 0.2) is 53.6 Å². The molecule has 0 saturated heterocycles. The Balaban J connectivity index is 1.75. The number of rotatable bonds is 4. The predicted molar refractivity (Wildman–Crippen MR) is 94.0 cm³/mol. The average Bonchev–Trinajstić information content (AvgIpc) is 2.58. The molecular weight excluding hydrogens is 345 g/mol. The van der Waals surface area contributed by atoms with Crippen LogP contribution in [0.5, 0.6) is 0 Å². The standard InChI is InChI=1S/C18H15ClFN3O2/c1-11(12-2-4-13(19)5-3-12)22-17(24)9-23-10-21-16-8-14(20)6-7-15(16)18(23)25/h2-8,10-11H,9H2,1H3,(H,22,24)/t11-/m0/s1. The van der Waals surface area contributed by atoms with Crippen LogP contribution in [-0.2, 0) is 11.3 Å². The van der Waals surface area contributed by atoms with E-state index in [1.54, 1.807) is 12.1 Å². The second-order valence-corrected chi connectivity index (χ2v) is 6.12. The molecule has 1 N–H and O–H groups in total. The van der Waals surface area contributed by atoms with Gasteiger partial charge in [0.15, 0.2) is 0 Å². The van der Waals surface area contributed by atoms with Gasteiger partial charge in [-0.25, -0.2) is 9.37 Å². The largest absolute Gasteiger partial charge is 0.348 e. The Labute approximate surface area is 148 Å². The second-order valence-electron chi connectivity index (χ2n) is 5.68. The van der Waals surface area contributed by atoms with Crippen molar-refractivity contribution in [1.82, 2.24) is 14.9 Å². The number of carbonyl (C=O) groups is 1. The summed E-state index contributed by atoms with van der Waals surface area (Å²) < 4.78 is 14.4. The number of amides is 1. The minimum absolute atomic E-state index is 0.170. The lowest BCUT2D eigenvalue weighted by molar-refractivity contribution is -0.122. The molecule has 3 rings (SSSR count). The zero-order chi connectivity index (χ0) is 18.0. The maximum absolute atomic E-state index is 13.2. The summed E-state index contributed by atoms with van der Waals surface area (Å²) in [6, 6.07) is 10.7. The second kappa shape index (κ2) is 7.03. The van der Waals surface area contributed by atoms with Gasteiger partial charge in [0.1, 0.15) is 12.4 Å². The maximum atomic E-state index is 13.2. The van der Waals surface area contributed by atoms with Gasteiger partial charge in [-0.15, -0.1) is 0 Å². The summed E-state index contributed by atoms with van der Waals surface area (Å²) in [6.45, 7) is 1.67. The van der Waals surface area contributed by atoms with Crippen LogP contribution in [-0.4, -0.2) is 15.5 Å². The molecule has 7 heteroatoms. The number of hydrogen-bond acceptors (Lipinski definition) is 3. The molecule has 0 aliphatic rings. The van der Waals surface area contributed by atoms with Crippen LogP contribution in [0.25, 0.3) is 10.9 Å². The molecule has 3 aromatic rings. The van der Waals surface area contributed by atoms with Crippen LogP contribution in [0.2, 0.25) is 5.02 Å². The highest BCUT2D eigenvalue weighted by Crippen LogP contribution is 2.16.